The molecular formula is C16H24N2O4. The molecule has 0 saturated carbocycles. The van der Waals surface area contributed by atoms with E-state index < -0.39 is 0 Å². The van der Waals surface area contributed by atoms with E-state index in [4.69, 9.17) is 20.1 Å². The molecule has 0 spiro atoms. The number of hydrogen-bond donors (Lipinski definition) is 2. The van der Waals surface area contributed by atoms with E-state index in [2.05, 4.69) is 31.3 Å². The van der Waals surface area contributed by atoms with Crippen LogP contribution in [0.2, 0.25) is 0 Å². The fourth-order valence-corrected chi connectivity index (χ4v) is 1.70. The van der Waals surface area contributed by atoms with Crippen LogP contribution >= 0.6 is 0 Å². The van der Waals surface area contributed by atoms with Gasteiger partial charge in [-0.15, -0.1) is 0 Å². The van der Waals surface area contributed by atoms with Crippen LogP contribution in [0, 0.1) is 0 Å². The van der Waals surface area contributed by atoms with Crippen molar-refractivity contribution in [1.82, 2.24) is 5.32 Å². The lowest BCUT2D eigenvalue weighted by molar-refractivity contribution is -0.191. The fraction of sp³-hybridized carbons (Fsp3) is 0.500. The lowest BCUT2D eigenvalue weighted by Gasteiger charge is -2.09. The quantitative estimate of drug-likeness (QED) is 0.752. The number of benzene rings is 1. The highest BCUT2D eigenvalue weighted by Gasteiger charge is 2.04. The maximum atomic E-state index is 11.4. The Labute approximate surface area is 131 Å². The van der Waals surface area contributed by atoms with Crippen LogP contribution in [0.3, 0.4) is 0 Å². The minimum absolute atomic E-state index is 0.250. The van der Waals surface area contributed by atoms with E-state index in [1.54, 1.807) is 0 Å². The topological polar surface area (TPSA) is 98.5 Å². The molecule has 6 nitrogen and oxygen atoms in total. The van der Waals surface area contributed by atoms with E-state index >= 15 is 0 Å². The van der Waals surface area contributed by atoms with E-state index in [1.807, 2.05) is 12.1 Å². The molecule has 0 atom stereocenters. The Morgan fingerprint density at radius 2 is 2.00 bits per heavy atom. The molecule has 0 fully saturated rings. The first-order valence-electron chi connectivity index (χ1n) is 7.24. The summed E-state index contributed by atoms with van der Waals surface area (Å²) in [5.74, 6) is 0.477. The van der Waals surface area contributed by atoms with Crippen LogP contribution in [0.5, 0.6) is 0 Å². The molecule has 0 aliphatic rings. The van der Waals surface area contributed by atoms with Gasteiger partial charge >= 0.3 is 12.2 Å². The van der Waals surface area contributed by atoms with Gasteiger partial charge in [0.15, 0.2) is 0 Å². The van der Waals surface area contributed by atoms with Gasteiger partial charge in [0.05, 0.1) is 0 Å². The molecule has 0 bridgehead atoms. The zero-order valence-corrected chi connectivity index (χ0v) is 13.1. The first-order chi connectivity index (χ1) is 10.5. The molecule has 0 aliphatic carbocycles. The third-order valence-corrected chi connectivity index (χ3v) is 2.89. The zero-order chi connectivity index (χ0) is 16.8. The Hall–Kier alpha value is -2.17. The number of nitrogens with one attached hydrogen (secondary N) is 1. The summed E-state index contributed by atoms with van der Waals surface area (Å²) in [4.78, 5) is 27.7. The molecule has 1 aromatic carbocycles. The second-order valence-electron chi connectivity index (χ2n) is 4.98. The van der Waals surface area contributed by atoms with Gasteiger partial charge in [-0.3, -0.25) is 0 Å². The first-order valence-corrected chi connectivity index (χ1v) is 7.24. The third-order valence-electron chi connectivity index (χ3n) is 2.89. The number of nitrogens with two attached hydrogens (primary N) is 1. The number of alkyl carbamates (subject to hydrolysis) is 1. The average Bonchev–Trinajstić information content (AvgIpc) is 2.50. The largest absolute Gasteiger partial charge is 0.445 e. The summed E-state index contributed by atoms with van der Waals surface area (Å²) in [6.45, 7) is 5.86. The van der Waals surface area contributed by atoms with Crippen LogP contribution in [-0.2, 0) is 20.9 Å². The van der Waals surface area contributed by atoms with Crippen molar-refractivity contribution < 1.29 is 19.1 Å². The number of amides is 1. The Kier molecular flexibility index (Phi) is 11.3. The predicted molar refractivity (Wildman–Crippen MR) is 82.0 cm³/mol. The molecule has 22 heavy (non-hydrogen) atoms. The summed E-state index contributed by atoms with van der Waals surface area (Å²) in [6.07, 6.45) is 1.68. The van der Waals surface area contributed by atoms with Gasteiger partial charge in [-0.25, -0.2) is 4.79 Å². The highest BCUT2D eigenvalue weighted by atomic mass is 16.5. The van der Waals surface area contributed by atoms with Crippen LogP contribution in [0.25, 0.3) is 0 Å². The van der Waals surface area contributed by atoms with Crippen LogP contribution in [-0.4, -0.2) is 25.3 Å². The van der Waals surface area contributed by atoms with Gasteiger partial charge in [0, 0.05) is 6.54 Å². The minimum atomic E-state index is -0.369. The summed E-state index contributed by atoms with van der Waals surface area (Å²) in [6, 6.07) is 8.12. The number of ether oxygens (including phenoxy) is 1. The van der Waals surface area contributed by atoms with Crippen molar-refractivity contribution in [2.45, 2.75) is 39.2 Å². The highest BCUT2D eigenvalue weighted by molar-refractivity contribution is 5.67. The Morgan fingerprint density at radius 3 is 2.59 bits per heavy atom. The molecule has 0 saturated heterocycles. The van der Waals surface area contributed by atoms with E-state index in [-0.39, 0.29) is 12.2 Å². The van der Waals surface area contributed by atoms with Gasteiger partial charge in [0.1, 0.15) is 6.61 Å². The van der Waals surface area contributed by atoms with E-state index in [1.165, 1.54) is 5.56 Å². The molecule has 1 amide bonds. The molecule has 0 heterocycles. The Balaban J connectivity index is 0.00000135. The molecule has 1 rings (SSSR count). The fourth-order valence-electron chi connectivity index (χ4n) is 1.70. The minimum Gasteiger partial charge on any atom is -0.445 e. The maximum Gasteiger partial charge on any atom is 0.407 e. The number of rotatable bonds is 7. The normalized spacial score (nSPS) is 9.45. The van der Waals surface area contributed by atoms with Crippen molar-refractivity contribution >= 4 is 12.2 Å². The van der Waals surface area contributed by atoms with Gasteiger partial charge in [-0.1, -0.05) is 38.1 Å². The zero-order valence-electron chi connectivity index (χ0n) is 13.1. The van der Waals surface area contributed by atoms with Crippen molar-refractivity contribution in [3.8, 4) is 0 Å². The number of carbonyl (C=O) groups is 1. The summed E-state index contributed by atoms with van der Waals surface area (Å²) in [5, 5.41) is 2.71. The maximum absolute atomic E-state index is 11.4. The van der Waals surface area contributed by atoms with Crippen molar-refractivity contribution in [3.63, 3.8) is 0 Å². The molecular weight excluding hydrogens is 284 g/mol. The summed E-state index contributed by atoms with van der Waals surface area (Å²) in [5.41, 5.74) is 7.65. The average molecular weight is 308 g/mol. The monoisotopic (exact) mass is 308 g/mol. The summed E-state index contributed by atoms with van der Waals surface area (Å²) >= 11 is 0. The standard InChI is InChI=1S/C15H24N2O2.CO2/c1-12(2)14-7-5-6-13(10-14)11-19-15(18)17-9-4-3-8-16;2-1-3/h5-7,10,12H,3-4,8-9,11,16H2,1-2H3,(H,17,18);. The Morgan fingerprint density at radius 1 is 1.32 bits per heavy atom. The van der Waals surface area contributed by atoms with Gasteiger partial charge in [-0.2, -0.15) is 9.59 Å². The van der Waals surface area contributed by atoms with Crippen molar-refractivity contribution in [2.75, 3.05) is 13.1 Å². The first kappa shape index (κ1) is 19.8. The second-order valence-corrected chi connectivity index (χ2v) is 4.98. The summed E-state index contributed by atoms with van der Waals surface area (Å²) < 4.78 is 5.16. The molecule has 6 heteroatoms. The number of hydrogen-bond acceptors (Lipinski definition) is 5. The number of unbranched alkanes of at least 4 members (excludes halogenated alkanes) is 1. The van der Waals surface area contributed by atoms with Gasteiger partial charge in [-0.05, 0) is 36.4 Å². The van der Waals surface area contributed by atoms with Gasteiger partial charge in [0.25, 0.3) is 0 Å². The molecule has 0 aromatic heterocycles. The lowest BCUT2D eigenvalue weighted by atomic mass is 10.0. The highest BCUT2D eigenvalue weighted by Crippen LogP contribution is 2.15. The van der Waals surface area contributed by atoms with Crippen molar-refractivity contribution in [3.05, 3.63) is 35.4 Å². The van der Waals surface area contributed by atoms with Crippen molar-refractivity contribution in [1.29, 1.82) is 0 Å². The molecule has 0 unspecified atom stereocenters. The molecule has 3 N–H and O–H groups in total. The molecule has 0 radical (unpaired) electrons. The SMILES string of the molecule is CC(C)c1cccc(COC(=O)NCCCCN)c1.O=C=O. The smallest absolute Gasteiger partial charge is 0.407 e. The van der Waals surface area contributed by atoms with E-state index in [0.29, 0.717) is 25.6 Å². The van der Waals surface area contributed by atoms with Crippen LogP contribution < -0.4 is 11.1 Å². The van der Waals surface area contributed by atoms with Crippen LogP contribution in [0.4, 0.5) is 4.79 Å². The molecule has 0 aliphatic heterocycles. The molecule has 122 valence electrons. The third kappa shape index (κ3) is 9.69. The molecule has 1 aromatic rings. The second kappa shape index (κ2) is 12.6. The van der Waals surface area contributed by atoms with E-state index in [0.717, 1.165) is 18.4 Å². The van der Waals surface area contributed by atoms with Crippen LogP contribution in [0.1, 0.15) is 43.7 Å². The van der Waals surface area contributed by atoms with Gasteiger partial charge in [0.2, 0.25) is 0 Å². The Bertz CT molecular complexity index is 469. The van der Waals surface area contributed by atoms with Gasteiger partial charge < -0.3 is 15.8 Å². The lowest BCUT2D eigenvalue weighted by Crippen LogP contribution is -2.25. The van der Waals surface area contributed by atoms with E-state index in [9.17, 15) is 4.79 Å². The summed E-state index contributed by atoms with van der Waals surface area (Å²) in [7, 11) is 0. The van der Waals surface area contributed by atoms with Crippen LogP contribution in [0.15, 0.2) is 24.3 Å². The van der Waals surface area contributed by atoms with Crippen molar-refractivity contribution in [2.24, 2.45) is 5.73 Å². The predicted octanol–water partition coefficient (Wildman–Crippen LogP) is 2.19. The number of carbonyl (C=O) groups excluding carboxylic acids is 3.